The Morgan fingerprint density at radius 1 is 0.976 bits per heavy atom. The number of ether oxygens (including phenoxy) is 1. The van der Waals surface area contributed by atoms with Crippen molar-refractivity contribution in [3.8, 4) is 39.5 Å². The van der Waals surface area contributed by atoms with Crippen molar-refractivity contribution in [1.82, 2.24) is 35.5 Å². The first-order valence-corrected chi connectivity index (χ1v) is 14.4. The van der Waals surface area contributed by atoms with E-state index in [0.29, 0.717) is 39.6 Å². The maximum absolute atomic E-state index is 14.3. The Hall–Kier alpha value is -4.63. The van der Waals surface area contributed by atoms with Crippen LogP contribution in [-0.2, 0) is 6.54 Å². The minimum atomic E-state index is -0.379. The van der Waals surface area contributed by atoms with Gasteiger partial charge < -0.3 is 15.0 Å². The first-order chi connectivity index (χ1) is 20.5. The number of hydrogen-bond donors (Lipinski definition) is 3. The molecule has 0 spiro atoms. The monoisotopic (exact) mass is 561 g/mol. The SMILES string of the molecule is COc1cc(F)cc(-c2ccnc3nc(-c4[nH]nc5ncc(-c6cc(C)cc(CNCC7CCCC7)c6)cc45)[nH]c23)c1. The minimum Gasteiger partial charge on any atom is -0.497 e. The van der Waals surface area contributed by atoms with Gasteiger partial charge in [0.15, 0.2) is 17.1 Å². The molecule has 1 fully saturated rings. The third-order valence-corrected chi connectivity index (χ3v) is 8.16. The van der Waals surface area contributed by atoms with Crippen molar-refractivity contribution in [2.45, 2.75) is 39.2 Å². The van der Waals surface area contributed by atoms with Gasteiger partial charge >= 0.3 is 0 Å². The molecule has 0 bridgehead atoms. The van der Waals surface area contributed by atoms with E-state index in [0.717, 1.165) is 41.1 Å². The number of aryl methyl sites for hydroxylation is 1. The van der Waals surface area contributed by atoms with Crippen LogP contribution in [0.15, 0.2) is 60.9 Å². The van der Waals surface area contributed by atoms with Crippen LogP contribution in [0.4, 0.5) is 4.39 Å². The van der Waals surface area contributed by atoms with E-state index in [1.165, 1.54) is 56.1 Å². The van der Waals surface area contributed by atoms with Crippen molar-refractivity contribution in [1.29, 1.82) is 0 Å². The summed E-state index contributed by atoms with van der Waals surface area (Å²) >= 11 is 0. The van der Waals surface area contributed by atoms with Gasteiger partial charge in [-0.1, -0.05) is 30.5 Å². The number of hydrogen-bond acceptors (Lipinski definition) is 6. The molecule has 0 aliphatic heterocycles. The molecule has 7 rings (SSSR count). The normalized spacial score (nSPS) is 13.9. The maximum atomic E-state index is 14.3. The van der Waals surface area contributed by atoms with Crippen LogP contribution < -0.4 is 10.1 Å². The van der Waals surface area contributed by atoms with Gasteiger partial charge in [0.05, 0.1) is 18.0 Å². The van der Waals surface area contributed by atoms with Crippen LogP contribution in [-0.4, -0.2) is 43.8 Å². The summed E-state index contributed by atoms with van der Waals surface area (Å²) < 4.78 is 19.6. The van der Waals surface area contributed by atoms with E-state index < -0.39 is 0 Å². The summed E-state index contributed by atoms with van der Waals surface area (Å²) in [7, 11) is 1.52. The Morgan fingerprint density at radius 2 is 1.86 bits per heavy atom. The van der Waals surface area contributed by atoms with Crippen LogP contribution >= 0.6 is 0 Å². The minimum absolute atomic E-state index is 0.379. The number of pyridine rings is 2. The Kier molecular flexibility index (Phi) is 6.87. The number of fused-ring (bicyclic) bond motifs is 2. The Bertz CT molecular complexity index is 1900. The number of H-pyrrole nitrogens is 2. The molecule has 1 saturated carbocycles. The summed E-state index contributed by atoms with van der Waals surface area (Å²) in [6, 6.07) is 15.2. The van der Waals surface area contributed by atoms with Crippen molar-refractivity contribution in [2.75, 3.05) is 13.7 Å². The zero-order valence-electron chi connectivity index (χ0n) is 23.7. The number of benzene rings is 2. The molecule has 42 heavy (non-hydrogen) atoms. The summed E-state index contributed by atoms with van der Waals surface area (Å²) in [5.74, 6) is 1.45. The van der Waals surface area contributed by atoms with Crippen LogP contribution in [0.25, 0.3) is 56.0 Å². The van der Waals surface area contributed by atoms with E-state index in [1.807, 2.05) is 12.3 Å². The smallest absolute Gasteiger partial charge is 0.181 e. The zero-order valence-corrected chi connectivity index (χ0v) is 23.7. The molecule has 2 aromatic carbocycles. The lowest BCUT2D eigenvalue weighted by Gasteiger charge is -2.12. The summed E-state index contributed by atoms with van der Waals surface area (Å²) in [5.41, 5.74) is 8.56. The average molecular weight is 562 g/mol. The molecule has 0 saturated heterocycles. The molecule has 4 aromatic heterocycles. The molecule has 0 unspecified atom stereocenters. The molecule has 6 aromatic rings. The van der Waals surface area contributed by atoms with Gasteiger partial charge in [-0.2, -0.15) is 5.10 Å². The van der Waals surface area contributed by atoms with Crippen molar-refractivity contribution in [2.24, 2.45) is 5.92 Å². The lowest BCUT2D eigenvalue weighted by molar-refractivity contribution is 0.411. The Morgan fingerprint density at radius 3 is 2.71 bits per heavy atom. The second-order valence-electron chi connectivity index (χ2n) is 11.2. The first kappa shape index (κ1) is 26.3. The van der Waals surface area contributed by atoms with Gasteiger partial charge in [-0.15, -0.1) is 0 Å². The largest absolute Gasteiger partial charge is 0.497 e. The van der Waals surface area contributed by atoms with Gasteiger partial charge in [-0.25, -0.2) is 19.3 Å². The van der Waals surface area contributed by atoms with Crippen molar-refractivity contribution in [3.05, 3.63) is 77.9 Å². The number of aromatic nitrogens is 6. The van der Waals surface area contributed by atoms with Crippen LogP contribution in [0.5, 0.6) is 5.75 Å². The van der Waals surface area contributed by atoms with Gasteiger partial charge in [0, 0.05) is 36.1 Å². The topological polar surface area (TPSA) is 104 Å². The standard InChI is InChI=1S/C33H32FN7O/c1-19-9-21(17-35-16-20-5-3-4-6-20)11-22(10-19)24-14-28-30(40-41-31(28)37-18-24)33-38-29-27(7-8-36-32(29)39-33)23-12-25(34)15-26(13-23)42-2/h7-15,18,20,35H,3-6,16-17H2,1-2H3,(H,36,38,39)(H,37,40,41). The van der Waals surface area contributed by atoms with E-state index in [1.54, 1.807) is 12.3 Å². The predicted molar refractivity (Wildman–Crippen MR) is 163 cm³/mol. The van der Waals surface area contributed by atoms with E-state index in [9.17, 15) is 4.39 Å². The molecule has 8 nitrogen and oxygen atoms in total. The van der Waals surface area contributed by atoms with Gasteiger partial charge in [0.2, 0.25) is 0 Å². The summed E-state index contributed by atoms with van der Waals surface area (Å²) in [6.07, 6.45) is 8.94. The highest BCUT2D eigenvalue weighted by molar-refractivity contribution is 5.96. The fourth-order valence-corrected chi connectivity index (χ4v) is 6.11. The lowest BCUT2D eigenvalue weighted by Crippen LogP contribution is -2.20. The number of nitrogens with zero attached hydrogens (tertiary/aromatic N) is 4. The van der Waals surface area contributed by atoms with Gasteiger partial charge in [-0.05, 0) is 79.3 Å². The van der Waals surface area contributed by atoms with E-state index >= 15 is 0 Å². The number of methoxy groups -OCH3 is 1. The predicted octanol–water partition coefficient (Wildman–Crippen LogP) is 6.97. The second kappa shape index (κ2) is 11.0. The molecule has 9 heteroatoms. The van der Waals surface area contributed by atoms with Crippen LogP contribution in [0.2, 0.25) is 0 Å². The molecular formula is C33H32FN7O. The molecular weight excluding hydrogens is 529 g/mol. The maximum Gasteiger partial charge on any atom is 0.181 e. The average Bonchev–Trinajstić information content (AvgIpc) is 3.75. The summed E-state index contributed by atoms with van der Waals surface area (Å²) in [6.45, 7) is 4.06. The number of aromatic amines is 2. The van der Waals surface area contributed by atoms with Gasteiger partial charge in [0.1, 0.15) is 17.3 Å². The van der Waals surface area contributed by atoms with Crippen molar-refractivity contribution >= 4 is 22.2 Å². The summed E-state index contributed by atoms with van der Waals surface area (Å²) in [5, 5.41) is 12.1. The molecule has 0 amide bonds. The molecule has 0 atom stereocenters. The van der Waals surface area contributed by atoms with Gasteiger partial charge in [-0.3, -0.25) is 5.10 Å². The number of rotatable bonds is 8. The Labute approximate surface area is 242 Å². The van der Waals surface area contributed by atoms with Crippen LogP contribution in [0.1, 0.15) is 36.8 Å². The fraction of sp³-hybridized carbons (Fsp3) is 0.273. The highest BCUT2D eigenvalue weighted by atomic mass is 19.1. The fourth-order valence-electron chi connectivity index (χ4n) is 6.11. The van der Waals surface area contributed by atoms with E-state index in [2.05, 4.69) is 61.7 Å². The summed E-state index contributed by atoms with van der Waals surface area (Å²) in [4.78, 5) is 17.3. The number of imidazole rings is 1. The van der Waals surface area contributed by atoms with Crippen molar-refractivity contribution < 1.29 is 9.13 Å². The van der Waals surface area contributed by atoms with Crippen LogP contribution in [0, 0.1) is 18.7 Å². The van der Waals surface area contributed by atoms with Crippen molar-refractivity contribution in [3.63, 3.8) is 0 Å². The van der Waals surface area contributed by atoms with Gasteiger partial charge in [0.25, 0.3) is 0 Å². The third kappa shape index (κ3) is 5.12. The number of nitrogens with one attached hydrogen (secondary N) is 3. The van der Waals surface area contributed by atoms with E-state index in [-0.39, 0.29) is 5.82 Å². The zero-order chi connectivity index (χ0) is 28.6. The molecule has 1 aliphatic carbocycles. The molecule has 212 valence electrons. The molecule has 1 aliphatic rings. The highest BCUT2D eigenvalue weighted by Crippen LogP contribution is 2.34. The van der Waals surface area contributed by atoms with E-state index in [4.69, 9.17) is 9.72 Å². The van der Waals surface area contributed by atoms with Crippen LogP contribution in [0.3, 0.4) is 0 Å². The third-order valence-electron chi connectivity index (χ3n) is 8.16. The Balaban J connectivity index is 1.22. The number of halogens is 1. The second-order valence-corrected chi connectivity index (χ2v) is 11.2. The molecule has 4 heterocycles. The lowest BCUT2D eigenvalue weighted by atomic mass is 10.00. The first-order valence-electron chi connectivity index (χ1n) is 14.4. The highest BCUT2D eigenvalue weighted by Gasteiger charge is 2.18. The molecule has 3 N–H and O–H groups in total. The quantitative estimate of drug-likeness (QED) is 0.185. The molecule has 0 radical (unpaired) electrons.